The number of morpholine rings is 1. The van der Waals surface area contributed by atoms with Crippen LogP contribution in [0.4, 0.5) is 0 Å². The van der Waals surface area contributed by atoms with Gasteiger partial charge < -0.3 is 14.7 Å². The zero-order valence-electron chi connectivity index (χ0n) is 6.19. The molecule has 1 fully saturated rings. The molecule has 1 N–H and O–H groups in total. The number of ether oxygens (including phenoxy) is 1. The fraction of sp³-hybridized carbons (Fsp3) is 0.571. The van der Waals surface area contributed by atoms with E-state index in [2.05, 4.69) is 0 Å². The maximum absolute atomic E-state index is 10.3. The van der Waals surface area contributed by atoms with Crippen LogP contribution < -0.4 is 0 Å². The molecule has 4 nitrogen and oxygen atoms in total. The predicted octanol–water partition coefficient (Wildman–Crippen LogP) is -0.0831. The molecule has 0 aliphatic carbocycles. The molecule has 0 amide bonds. The van der Waals surface area contributed by atoms with Gasteiger partial charge in [0.05, 0.1) is 13.2 Å². The molecule has 0 bridgehead atoms. The number of aliphatic hydroxyl groups excluding tert-OH is 1. The molecule has 0 aromatic heterocycles. The Morgan fingerprint density at radius 2 is 2.09 bits per heavy atom. The van der Waals surface area contributed by atoms with Crippen molar-refractivity contribution in [3.05, 3.63) is 12.0 Å². The molecule has 62 valence electrons. The summed E-state index contributed by atoms with van der Waals surface area (Å²) in [4.78, 5) is 12.1. The molecule has 1 rings (SSSR count). The highest BCUT2D eigenvalue weighted by Gasteiger charge is 2.12. The first-order valence-electron chi connectivity index (χ1n) is 3.50. The second kappa shape index (κ2) is 3.98. The van der Waals surface area contributed by atoms with Crippen molar-refractivity contribution in [1.82, 2.24) is 4.90 Å². The van der Waals surface area contributed by atoms with E-state index in [1.165, 1.54) is 0 Å². The molecule has 0 aromatic rings. The molecular formula is C7H11NO3. The van der Waals surface area contributed by atoms with Crippen LogP contribution in [0.2, 0.25) is 0 Å². The molecule has 1 aliphatic rings. The SMILES string of the molecule is O=C/C(=C/O)N1CCOCC1. The first kappa shape index (κ1) is 8.07. The van der Waals surface area contributed by atoms with Gasteiger partial charge >= 0.3 is 0 Å². The molecular weight excluding hydrogens is 146 g/mol. The van der Waals surface area contributed by atoms with E-state index in [0.717, 1.165) is 6.26 Å². The van der Waals surface area contributed by atoms with Crippen molar-refractivity contribution in [2.24, 2.45) is 0 Å². The van der Waals surface area contributed by atoms with Gasteiger partial charge in [-0.3, -0.25) is 4.79 Å². The van der Waals surface area contributed by atoms with Gasteiger partial charge in [-0.25, -0.2) is 0 Å². The van der Waals surface area contributed by atoms with E-state index in [4.69, 9.17) is 9.84 Å². The molecule has 0 saturated carbocycles. The fourth-order valence-corrected chi connectivity index (χ4v) is 1.01. The van der Waals surface area contributed by atoms with E-state index in [-0.39, 0.29) is 0 Å². The topological polar surface area (TPSA) is 49.8 Å². The van der Waals surface area contributed by atoms with Crippen LogP contribution in [0.5, 0.6) is 0 Å². The normalized spacial score (nSPS) is 20.0. The van der Waals surface area contributed by atoms with Crippen molar-refractivity contribution in [1.29, 1.82) is 0 Å². The Bertz CT molecular complexity index is 161. The first-order valence-corrected chi connectivity index (χ1v) is 3.50. The molecule has 0 radical (unpaired) electrons. The van der Waals surface area contributed by atoms with Crippen molar-refractivity contribution in [2.75, 3.05) is 26.3 Å². The number of hydrogen-bond acceptors (Lipinski definition) is 4. The minimum absolute atomic E-state index is 0.327. The third kappa shape index (κ3) is 1.94. The fourth-order valence-electron chi connectivity index (χ4n) is 1.01. The number of carbonyl (C=O) groups is 1. The van der Waals surface area contributed by atoms with Crippen molar-refractivity contribution in [3.63, 3.8) is 0 Å². The molecule has 1 heterocycles. The summed E-state index contributed by atoms with van der Waals surface area (Å²) in [5, 5.41) is 8.60. The van der Waals surface area contributed by atoms with E-state index >= 15 is 0 Å². The van der Waals surface area contributed by atoms with Crippen molar-refractivity contribution < 1.29 is 14.6 Å². The number of hydrogen-bond donors (Lipinski definition) is 1. The van der Waals surface area contributed by atoms with Crippen LogP contribution in [-0.4, -0.2) is 42.6 Å². The van der Waals surface area contributed by atoms with Crippen molar-refractivity contribution >= 4 is 6.29 Å². The van der Waals surface area contributed by atoms with E-state index in [0.29, 0.717) is 38.3 Å². The van der Waals surface area contributed by atoms with Gasteiger partial charge in [0.2, 0.25) is 0 Å². The number of allylic oxidation sites excluding steroid dienone is 1. The van der Waals surface area contributed by atoms with Gasteiger partial charge in [-0.2, -0.15) is 0 Å². The third-order valence-corrected chi connectivity index (χ3v) is 1.63. The van der Waals surface area contributed by atoms with E-state index < -0.39 is 0 Å². The van der Waals surface area contributed by atoms with Crippen molar-refractivity contribution in [3.8, 4) is 0 Å². The van der Waals surface area contributed by atoms with E-state index in [9.17, 15) is 4.79 Å². The van der Waals surface area contributed by atoms with Gasteiger partial charge in [0.15, 0.2) is 6.29 Å². The molecule has 0 spiro atoms. The lowest BCUT2D eigenvalue weighted by Crippen LogP contribution is -2.36. The lowest BCUT2D eigenvalue weighted by molar-refractivity contribution is -0.106. The molecule has 0 unspecified atom stereocenters. The molecule has 4 heteroatoms. The van der Waals surface area contributed by atoms with E-state index in [1.54, 1.807) is 4.90 Å². The highest BCUT2D eigenvalue weighted by Crippen LogP contribution is 2.03. The number of aliphatic hydroxyl groups is 1. The summed E-state index contributed by atoms with van der Waals surface area (Å²) in [5.41, 5.74) is 0.327. The Hall–Kier alpha value is -1.03. The highest BCUT2D eigenvalue weighted by molar-refractivity contribution is 5.71. The summed E-state index contributed by atoms with van der Waals surface area (Å²) in [7, 11) is 0. The smallest absolute Gasteiger partial charge is 0.169 e. The zero-order valence-corrected chi connectivity index (χ0v) is 6.19. The van der Waals surface area contributed by atoms with Crippen LogP contribution in [0, 0.1) is 0 Å². The summed E-state index contributed by atoms with van der Waals surface area (Å²) in [5.74, 6) is 0. The maximum atomic E-state index is 10.3. The lowest BCUT2D eigenvalue weighted by atomic mass is 10.3. The summed E-state index contributed by atoms with van der Waals surface area (Å²) in [6.07, 6.45) is 1.48. The maximum Gasteiger partial charge on any atom is 0.169 e. The summed E-state index contributed by atoms with van der Waals surface area (Å²) in [6.45, 7) is 2.58. The average molecular weight is 157 g/mol. The van der Waals surface area contributed by atoms with Gasteiger partial charge in [-0.1, -0.05) is 0 Å². The standard InChI is InChI=1S/C7H11NO3/c9-5-7(6-10)8-1-3-11-4-2-8/h5-6,9H,1-4H2/b7-5-. The van der Waals surface area contributed by atoms with Gasteiger partial charge in [0, 0.05) is 13.1 Å². The number of rotatable bonds is 2. The van der Waals surface area contributed by atoms with Crippen molar-refractivity contribution in [2.45, 2.75) is 0 Å². The minimum Gasteiger partial charge on any atom is -0.513 e. The van der Waals surface area contributed by atoms with Crippen LogP contribution in [-0.2, 0) is 9.53 Å². The Morgan fingerprint density at radius 3 is 2.55 bits per heavy atom. The second-order valence-electron chi connectivity index (χ2n) is 2.27. The number of aldehydes is 1. The Labute approximate surface area is 65.1 Å². The summed E-state index contributed by atoms with van der Waals surface area (Å²) < 4.78 is 5.07. The Kier molecular flexibility index (Phi) is 2.92. The zero-order chi connectivity index (χ0) is 8.10. The molecule has 1 saturated heterocycles. The predicted molar refractivity (Wildman–Crippen MR) is 39.2 cm³/mol. The van der Waals surface area contributed by atoms with Crippen LogP contribution in [0.1, 0.15) is 0 Å². The highest BCUT2D eigenvalue weighted by atomic mass is 16.5. The van der Waals surface area contributed by atoms with Crippen LogP contribution >= 0.6 is 0 Å². The quantitative estimate of drug-likeness (QED) is 0.346. The third-order valence-electron chi connectivity index (χ3n) is 1.63. The summed E-state index contributed by atoms with van der Waals surface area (Å²) in [6, 6.07) is 0. The Balaban J connectivity index is 2.49. The second-order valence-corrected chi connectivity index (χ2v) is 2.27. The minimum atomic E-state index is 0.327. The number of nitrogens with zero attached hydrogens (tertiary/aromatic N) is 1. The van der Waals surface area contributed by atoms with Gasteiger partial charge in [0.1, 0.15) is 12.0 Å². The molecule has 0 aromatic carbocycles. The largest absolute Gasteiger partial charge is 0.513 e. The van der Waals surface area contributed by atoms with Gasteiger partial charge in [-0.15, -0.1) is 0 Å². The Morgan fingerprint density at radius 1 is 1.45 bits per heavy atom. The van der Waals surface area contributed by atoms with Crippen LogP contribution in [0.15, 0.2) is 12.0 Å². The molecule has 11 heavy (non-hydrogen) atoms. The van der Waals surface area contributed by atoms with Gasteiger partial charge in [0.25, 0.3) is 0 Å². The average Bonchev–Trinajstić information content (AvgIpc) is 2.09. The van der Waals surface area contributed by atoms with Crippen LogP contribution in [0.25, 0.3) is 0 Å². The van der Waals surface area contributed by atoms with E-state index in [1.807, 2.05) is 0 Å². The first-order chi connectivity index (χ1) is 5.38. The lowest BCUT2D eigenvalue weighted by Gasteiger charge is -2.27. The molecule has 1 aliphatic heterocycles. The summed E-state index contributed by atoms with van der Waals surface area (Å²) >= 11 is 0. The monoisotopic (exact) mass is 157 g/mol. The molecule has 0 atom stereocenters. The van der Waals surface area contributed by atoms with Gasteiger partial charge in [-0.05, 0) is 0 Å². The number of carbonyl (C=O) groups excluding carboxylic acids is 1. The van der Waals surface area contributed by atoms with Crippen LogP contribution in [0.3, 0.4) is 0 Å².